The Hall–Kier alpha value is -4.81. The van der Waals surface area contributed by atoms with E-state index in [1.54, 1.807) is 0 Å². The summed E-state index contributed by atoms with van der Waals surface area (Å²) in [5.41, 5.74) is -0.420. The molecule has 0 aliphatic heterocycles. The fourth-order valence-corrected chi connectivity index (χ4v) is 6.06. The molecule has 43 heavy (non-hydrogen) atoms. The lowest BCUT2D eigenvalue weighted by atomic mass is 10.1. The van der Waals surface area contributed by atoms with Crippen molar-refractivity contribution in [2.24, 2.45) is 4.40 Å². The Morgan fingerprint density at radius 3 is 1.91 bits per heavy atom. The van der Waals surface area contributed by atoms with E-state index in [0.717, 1.165) is 27.4 Å². The van der Waals surface area contributed by atoms with E-state index in [9.17, 15) is 26.4 Å². The number of nitrogens with one attached hydrogen (secondary N) is 1. The summed E-state index contributed by atoms with van der Waals surface area (Å²) in [6.45, 7) is 0. The van der Waals surface area contributed by atoms with Crippen LogP contribution in [0.2, 0.25) is 0 Å². The molecule has 0 saturated heterocycles. The second-order valence-corrected chi connectivity index (χ2v) is 11.5. The molecule has 0 atom stereocenters. The van der Waals surface area contributed by atoms with Crippen LogP contribution in [0.15, 0.2) is 63.9 Å². The van der Waals surface area contributed by atoms with E-state index in [1.165, 1.54) is 62.8 Å². The quantitative estimate of drug-likeness (QED) is 0.137. The minimum absolute atomic E-state index is 0.00828. The van der Waals surface area contributed by atoms with E-state index in [4.69, 9.17) is 19.0 Å². The Morgan fingerprint density at radius 1 is 0.814 bits per heavy atom. The molecule has 0 amide bonds. The summed E-state index contributed by atoms with van der Waals surface area (Å²) in [5, 5.41) is 2.41. The van der Waals surface area contributed by atoms with Gasteiger partial charge >= 0.3 is 11.9 Å². The predicted molar refractivity (Wildman–Crippen MR) is 150 cm³/mol. The Bertz CT molecular complexity index is 1720. The second-order valence-electron chi connectivity index (χ2n) is 8.09. The van der Waals surface area contributed by atoms with Crippen molar-refractivity contribution >= 4 is 43.9 Å². The average Bonchev–Trinajstić information content (AvgIpc) is 3.00. The molecule has 0 radical (unpaired) electrons. The first-order chi connectivity index (χ1) is 20.4. The van der Waals surface area contributed by atoms with Crippen LogP contribution >= 0.6 is 0 Å². The summed E-state index contributed by atoms with van der Waals surface area (Å²) in [6.07, 6.45) is 0. The van der Waals surface area contributed by atoms with E-state index in [-0.39, 0.29) is 32.9 Å². The molecule has 230 valence electrons. The lowest BCUT2D eigenvalue weighted by Gasteiger charge is -2.23. The van der Waals surface area contributed by atoms with Crippen molar-refractivity contribution in [2.45, 2.75) is 10.6 Å². The summed E-state index contributed by atoms with van der Waals surface area (Å²) in [4.78, 5) is 37.1. The van der Waals surface area contributed by atoms with Crippen LogP contribution < -0.4 is 14.8 Å². The highest BCUT2D eigenvalue weighted by Crippen LogP contribution is 2.23. The van der Waals surface area contributed by atoms with Crippen LogP contribution in [0, 0.1) is 0 Å². The highest BCUT2D eigenvalue weighted by molar-refractivity contribution is 7.91. The van der Waals surface area contributed by atoms with E-state index < -0.39 is 54.5 Å². The van der Waals surface area contributed by atoms with Crippen molar-refractivity contribution in [1.82, 2.24) is 14.4 Å². The molecule has 1 heterocycles. The van der Waals surface area contributed by atoms with Crippen molar-refractivity contribution in [3.8, 4) is 11.8 Å². The maximum absolute atomic E-state index is 13.7. The number of nitrogens with zero attached hydrogens (tertiary/aromatic N) is 4. The van der Waals surface area contributed by atoms with Crippen LogP contribution in [-0.2, 0) is 40.1 Å². The van der Waals surface area contributed by atoms with Gasteiger partial charge in [0.2, 0.25) is 17.7 Å². The number of carbonyl (C=O) groups excluding carboxylic acids is 2. The van der Waals surface area contributed by atoms with Gasteiger partial charge in [0.1, 0.15) is 4.90 Å². The lowest BCUT2D eigenvalue weighted by molar-refractivity contribution is 0.0150. The monoisotopic (exact) mass is 637 g/mol. The third-order valence-corrected chi connectivity index (χ3v) is 8.28. The summed E-state index contributed by atoms with van der Waals surface area (Å²) < 4.78 is 77.9. The smallest absolute Gasteiger partial charge is 0.339 e. The van der Waals surface area contributed by atoms with Crippen molar-refractivity contribution < 1.29 is 50.2 Å². The van der Waals surface area contributed by atoms with Gasteiger partial charge in [0.05, 0.1) is 58.5 Å². The van der Waals surface area contributed by atoms with E-state index >= 15 is 0 Å². The number of rotatable bonds is 11. The number of sulfonamides is 2. The molecule has 0 aliphatic rings. The SMILES string of the molecule is COC(=O)c1ccccc1CS(=O)(=O)N(OC)C(=NS(=O)(=O)c1ccccc1C(=O)OC)Nc1nc(OC)cc(OC)n1. The highest BCUT2D eigenvalue weighted by atomic mass is 32.2. The number of guanidine groups is 1. The number of aromatic nitrogens is 2. The van der Waals surface area contributed by atoms with Gasteiger partial charge in [-0.05, 0) is 23.8 Å². The fraction of sp³-hybridized carbons (Fsp3) is 0.240. The molecule has 0 bridgehead atoms. The van der Waals surface area contributed by atoms with Crippen LogP contribution in [0.3, 0.4) is 0 Å². The summed E-state index contributed by atoms with van der Waals surface area (Å²) in [6, 6.07) is 12.0. The van der Waals surface area contributed by atoms with Crippen molar-refractivity contribution in [3.63, 3.8) is 0 Å². The van der Waals surface area contributed by atoms with Gasteiger partial charge in [-0.1, -0.05) is 30.3 Å². The van der Waals surface area contributed by atoms with Crippen LogP contribution in [0.5, 0.6) is 11.8 Å². The van der Waals surface area contributed by atoms with Crippen LogP contribution in [0.25, 0.3) is 0 Å². The number of ether oxygens (including phenoxy) is 4. The summed E-state index contributed by atoms with van der Waals surface area (Å²) >= 11 is 0. The Balaban J connectivity index is 2.22. The van der Waals surface area contributed by atoms with Crippen LogP contribution in [0.4, 0.5) is 5.95 Å². The molecule has 3 aromatic rings. The third kappa shape index (κ3) is 7.73. The molecule has 2 aromatic carbocycles. The van der Waals surface area contributed by atoms with Crippen molar-refractivity contribution in [3.05, 3.63) is 71.3 Å². The molecule has 18 heteroatoms. The molecule has 3 rings (SSSR count). The number of hydrogen-bond acceptors (Lipinski definition) is 13. The normalized spacial score (nSPS) is 11.8. The van der Waals surface area contributed by atoms with Gasteiger partial charge in [-0.15, -0.1) is 8.87 Å². The van der Waals surface area contributed by atoms with Crippen molar-refractivity contribution in [2.75, 3.05) is 40.9 Å². The first-order valence-electron chi connectivity index (χ1n) is 11.9. The summed E-state index contributed by atoms with van der Waals surface area (Å²) in [7, 11) is -3.85. The number of benzene rings is 2. The Morgan fingerprint density at radius 2 is 1.35 bits per heavy atom. The molecule has 0 aliphatic carbocycles. The zero-order valence-electron chi connectivity index (χ0n) is 23.5. The molecule has 0 spiro atoms. The van der Waals surface area contributed by atoms with Crippen LogP contribution in [-0.4, -0.2) is 84.7 Å². The number of anilines is 1. The standard InChI is InChI=1S/C25H27N5O11S2/c1-37-20-14-21(38-2)27-24(26-20)28-25(29-43(35,36)19-13-9-8-12-18(19)23(32)40-4)30(41-5)42(33,34)15-16-10-6-7-11-17(16)22(31)39-3/h6-14H,15H2,1-5H3,(H,26,27,28,29). The molecule has 16 nitrogen and oxygen atoms in total. The Labute approximate surface area is 247 Å². The van der Waals surface area contributed by atoms with E-state index in [2.05, 4.69) is 24.4 Å². The first-order valence-corrected chi connectivity index (χ1v) is 14.9. The molecular formula is C25H27N5O11S2. The average molecular weight is 638 g/mol. The molecule has 1 aromatic heterocycles. The Kier molecular flexibility index (Phi) is 10.6. The second kappa shape index (κ2) is 13.9. The van der Waals surface area contributed by atoms with Crippen molar-refractivity contribution in [1.29, 1.82) is 0 Å². The molecular weight excluding hydrogens is 610 g/mol. The number of hydrogen-bond donors (Lipinski definition) is 1. The summed E-state index contributed by atoms with van der Waals surface area (Å²) in [5.74, 6) is -4.10. The minimum atomic E-state index is -4.86. The molecule has 0 fully saturated rings. The van der Waals surface area contributed by atoms with Gasteiger partial charge in [-0.3, -0.25) is 10.2 Å². The lowest BCUT2D eigenvalue weighted by Crippen LogP contribution is -2.42. The van der Waals surface area contributed by atoms with E-state index in [0.29, 0.717) is 0 Å². The number of esters is 2. The van der Waals surface area contributed by atoms with Gasteiger partial charge in [0.15, 0.2) is 0 Å². The van der Waals surface area contributed by atoms with Gasteiger partial charge < -0.3 is 18.9 Å². The number of carbonyl (C=O) groups is 2. The zero-order valence-corrected chi connectivity index (χ0v) is 25.1. The van der Waals surface area contributed by atoms with Gasteiger partial charge in [0, 0.05) is 0 Å². The maximum Gasteiger partial charge on any atom is 0.339 e. The van der Waals surface area contributed by atoms with Gasteiger partial charge in [0.25, 0.3) is 26.0 Å². The molecule has 0 saturated carbocycles. The topological polar surface area (TPSA) is 202 Å². The fourth-order valence-electron chi connectivity index (χ4n) is 3.55. The highest BCUT2D eigenvalue weighted by Gasteiger charge is 2.33. The molecule has 0 unspecified atom stereocenters. The maximum atomic E-state index is 13.7. The zero-order chi connectivity index (χ0) is 31.8. The third-order valence-electron chi connectivity index (χ3n) is 5.45. The molecule has 1 N–H and O–H groups in total. The first kappa shape index (κ1) is 32.7. The van der Waals surface area contributed by atoms with Gasteiger partial charge in [-0.2, -0.15) is 18.4 Å². The van der Waals surface area contributed by atoms with Crippen LogP contribution in [0.1, 0.15) is 26.3 Å². The predicted octanol–water partition coefficient (Wildman–Crippen LogP) is 1.62. The largest absolute Gasteiger partial charge is 0.481 e. The number of methoxy groups -OCH3 is 4. The number of hydroxylamine groups is 1. The van der Waals surface area contributed by atoms with E-state index in [1.807, 2.05) is 0 Å². The van der Waals surface area contributed by atoms with Gasteiger partial charge in [-0.25, -0.2) is 18.0 Å². The minimum Gasteiger partial charge on any atom is -0.481 e.